The molecule has 0 bridgehead atoms. The number of hydrogen-bond acceptors (Lipinski definition) is 5. The number of hydrogen-bond donors (Lipinski definition) is 1. The third kappa shape index (κ3) is 4.06. The third-order valence-electron chi connectivity index (χ3n) is 2.20. The highest BCUT2D eigenvalue weighted by molar-refractivity contribution is 9.10. The third-order valence-corrected chi connectivity index (χ3v) is 4.39. The van der Waals surface area contributed by atoms with Crippen molar-refractivity contribution in [2.75, 3.05) is 11.9 Å². The van der Waals surface area contributed by atoms with Gasteiger partial charge in [-0.05, 0) is 46.2 Å². The van der Waals surface area contributed by atoms with Gasteiger partial charge in [0.1, 0.15) is 22.2 Å². The number of nitrogens with one attached hydrogen (secondary N) is 1. The molecule has 100 valence electrons. The van der Waals surface area contributed by atoms with Crippen LogP contribution in [0.2, 0.25) is 5.02 Å². The van der Waals surface area contributed by atoms with Gasteiger partial charge in [-0.2, -0.15) is 0 Å². The van der Waals surface area contributed by atoms with Crippen LogP contribution >= 0.6 is 39.3 Å². The molecule has 0 fully saturated rings. The highest BCUT2D eigenvalue weighted by atomic mass is 79.9. The lowest BCUT2D eigenvalue weighted by atomic mass is 10.4. The molecule has 2 heterocycles. The Hall–Kier alpha value is -0.850. The largest absolute Gasteiger partial charge is 0.369 e. The minimum atomic E-state index is 0.622. The van der Waals surface area contributed by atoms with Gasteiger partial charge in [-0.25, -0.2) is 15.0 Å². The van der Waals surface area contributed by atoms with E-state index in [4.69, 9.17) is 11.6 Å². The molecule has 2 aromatic heterocycles. The fourth-order valence-electron chi connectivity index (χ4n) is 1.31. The van der Waals surface area contributed by atoms with Crippen LogP contribution in [-0.2, 0) is 0 Å². The molecule has 0 aliphatic carbocycles. The van der Waals surface area contributed by atoms with E-state index in [1.807, 2.05) is 12.1 Å². The number of nitrogens with zero attached hydrogens (tertiary/aromatic N) is 3. The van der Waals surface area contributed by atoms with E-state index >= 15 is 0 Å². The molecular formula is C12H12BrClN4S. The van der Waals surface area contributed by atoms with Gasteiger partial charge in [-0.3, -0.25) is 0 Å². The van der Waals surface area contributed by atoms with E-state index in [1.165, 1.54) is 11.8 Å². The Morgan fingerprint density at radius 1 is 1.32 bits per heavy atom. The maximum Gasteiger partial charge on any atom is 0.144 e. The molecule has 0 radical (unpaired) electrons. The number of halogens is 2. The van der Waals surface area contributed by atoms with Crippen molar-refractivity contribution < 1.29 is 0 Å². The Morgan fingerprint density at radius 3 is 2.84 bits per heavy atom. The van der Waals surface area contributed by atoms with E-state index in [0.29, 0.717) is 5.02 Å². The first-order chi connectivity index (χ1) is 9.20. The smallest absolute Gasteiger partial charge is 0.144 e. The molecule has 2 rings (SSSR count). The van der Waals surface area contributed by atoms with Crippen molar-refractivity contribution in [1.82, 2.24) is 15.0 Å². The Morgan fingerprint density at radius 2 is 2.16 bits per heavy atom. The summed E-state index contributed by atoms with van der Waals surface area (Å²) in [5.74, 6) is 0.799. The van der Waals surface area contributed by atoms with Gasteiger partial charge >= 0.3 is 0 Å². The van der Waals surface area contributed by atoms with Gasteiger partial charge in [0.15, 0.2) is 0 Å². The predicted octanol–water partition coefficient (Wildman–Crippen LogP) is 4.26. The van der Waals surface area contributed by atoms with Crippen LogP contribution in [0.4, 0.5) is 5.82 Å². The molecular weight excluding hydrogens is 348 g/mol. The van der Waals surface area contributed by atoms with Gasteiger partial charge in [0.05, 0.1) is 9.50 Å². The number of anilines is 1. The molecule has 19 heavy (non-hydrogen) atoms. The lowest BCUT2D eigenvalue weighted by molar-refractivity contribution is 0.945. The van der Waals surface area contributed by atoms with Crippen molar-refractivity contribution in [1.29, 1.82) is 0 Å². The Bertz CT molecular complexity index is 550. The van der Waals surface area contributed by atoms with E-state index < -0.39 is 0 Å². The van der Waals surface area contributed by atoms with E-state index in [0.717, 1.165) is 33.3 Å². The number of rotatable bonds is 5. The standard InChI is InChI=1S/C12H12BrClN4S/c1-2-5-15-11-10(13)12(18-7-17-11)19-9-4-3-8(14)6-16-9/h3-4,6-7H,2,5H2,1H3,(H,15,17,18). The average Bonchev–Trinajstić information content (AvgIpc) is 2.42. The first-order valence-electron chi connectivity index (χ1n) is 5.74. The normalized spacial score (nSPS) is 10.5. The summed E-state index contributed by atoms with van der Waals surface area (Å²) in [6, 6.07) is 3.67. The molecule has 0 aromatic carbocycles. The minimum Gasteiger partial charge on any atom is -0.369 e. The zero-order valence-corrected chi connectivity index (χ0v) is 13.4. The first-order valence-corrected chi connectivity index (χ1v) is 7.73. The summed E-state index contributed by atoms with van der Waals surface area (Å²) in [6.07, 6.45) is 4.20. The summed E-state index contributed by atoms with van der Waals surface area (Å²) in [5, 5.41) is 5.53. The summed E-state index contributed by atoms with van der Waals surface area (Å²) in [7, 11) is 0. The van der Waals surface area contributed by atoms with Gasteiger partial charge < -0.3 is 5.32 Å². The van der Waals surface area contributed by atoms with Crippen LogP contribution in [0.15, 0.2) is 39.2 Å². The first kappa shape index (κ1) is 14.6. The van der Waals surface area contributed by atoms with Crippen LogP contribution in [0.1, 0.15) is 13.3 Å². The number of pyridine rings is 1. The van der Waals surface area contributed by atoms with Gasteiger partial charge in [0.2, 0.25) is 0 Å². The van der Waals surface area contributed by atoms with Crippen LogP contribution in [0.3, 0.4) is 0 Å². The van der Waals surface area contributed by atoms with Crippen molar-refractivity contribution in [3.63, 3.8) is 0 Å². The SMILES string of the molecule is CCCNc1ncnc(Sc2ccc(Cl)cn2)c1Br. The van der Waals surface area contributed by atoms with Crippen molar-refractivity contribution >= 4 is 45.1 Å². The molecule has 0 aliphatic heterocycles. The maximum absolute atomic E-state index is 5.81. The summed E-state index contributed by atoms with van der Waals surface area (Å²) in [5.41, 5.74) is 0. The molecule has 7 heteroatoms. The van der Waals surface area contributed by atoms with E-state index in [-0.39, 0.29) is 0 Å². The zero-order chi connectivity index (χ0) is 13.7. The van der Waals surface area contributed by atoms with Crippen LogP contribution in [0.5, 0.6) is 0 Å². The fraction of sp³-hybridized carbons (Fsp3) is 0.250. The van der Waals surface area contributed by atoms with Gasteiger partial charge in [-0.15, -0.1) is 0 Å². The van der Waals surface area contributed by atoms with Crippen molar-refractivity contribution in [3.05, 3.63) is 34.2 Å². The van der Waals surface area contributed by atoms with Crippen molar-refractivity contribution in [3.8, 4) is 0 Å². The van der Waals surface area contributed by atoms with E-state index in [9.17, 15) is 0 Å². The Balaban J connectivity index is 2.18. The average molecular weight is 360 g/mol. The van der Waals surface area contributed by atoms with Gasteiger partial charge in [-0.1, -0.05) is 18.5 Å². The molecule has 1 N–H and O–H groups in total. The van der Waals surface area contributed by atoms with Crippen LogP contribution in [0, 0.1) is 0 Å². The molecule has 0 saturated heterocycles. The van der Waals surface area contributed by atoms with Crippen molar-refractivity contribution in [2.45, 2.75) is 23.4 Å². The summed E-state index contributed by atoms with van der Waals surface area (Å²) in [6.45, 7) is 2.98. The zero-order valence-electron chi connectivity index (χ0n) is 10.2. The second kappa shape index (κ2) is 7.07. The van der Waals surface area contributed by atoms with E-state index in [2.05, 4.69) is 43.1 Å². The van der Waals surface area contributed by atoms with Crippen LogP contribution in [-0.4, -0.2) is 21.5 Å². The molecule has 2 aromatic rings. The summed E-state index contributed by atoms with van der Waals surface area (Å²) < 4.78 is 0.852. The Kier molecular flexibility index (Phi) is 5.42. The highest BCUT2D eigenvalue weighted by Gasteiger charge is 2.10. The monoisotopic (exact) mass is 358 g/mol. The summed E-state index contributed by atoms with van der Waals surface area (Å²) in [4.78, 5) is 12.7. The molecule has 0 aliphatic rings. The summed E-state index contributed by atoms with van der Waals surface area (Å²) >= 11 is 10.8. The second-order valence-corrected chi connectivity index (χ2v) is 5.92. The molecule has 0 spiro atoms. The minimum absolute atomic E-state index is 0.622. The van der Waals surface area contributed by atoms with Crippen LogP contribution < -0.4 is 5.32 Å². The fourth-order valence-corrected chi connectivity index (χ4v) is 2.74. The number of aromatic nitrogens is 3. The molecule has 0 unspecified atom stereocenters. The maximum atomic E-state index is 5.81. The highest BCUT2D eigenvalue weighted by Crippen LogP contribution is 2.34. The van der Waals surface area contributed by atoms with E-state index in [1.54, 1.807) is 12.5 Å². The molecule has 0 amide bonds. The van der Waals surface area contributed by atoms with Gasteiger partial charge in [0, 0.05) is 12.7 Å². The lowest BCUT2D eigenvalue weighted by Crippen LogP contribution is -2.03. The quantitative estimate of drug-likeness (QED) is 0.808. The lowest BCUT2D eigenvalue weighted by Gasteiger charge is -2.08. The second-order valence-electron chi connectivity index (χ2n) is 3.68. The predicted molar refractivity (Wildman–Crippen MR) is 81.9 cm³/mol. The molecule has 4 nitrogen and oxygen atoms in total. The molecule has 0 saturated carbocycles. The van der Waals surface area contributed by atoms with Crippen molar-refractivity contribution in [2.24, 2.45) is 0 Å². The Labute approximate surface area is 129 Å². The topological polar surface area (TPSA) is 50.7 Å². The molecule has 0 atom stereocenters. The van der Waals surface area contributed by atoms with Gasteiger partial charge in [0.25, 0.3) is 0 Å². The van der Waals surface area contributed by atoms with Crippen LogP contribution in [0.25, 0.3) is 0 Å².